The van der Waals surface area contributed by atoms with Crippen molar-refractivity contribution in [3.63, 3.8) is 0 Å². The summed E-state index contributed by atoms with van der Waals surface area (Å²) >= 11 is 0. The van der Waals surface area contributed by atoms with Crippen molar-refractivity contribution < 1.29 is 9.15 Å². The largest absolute Gasteiger partial charge is 0.463 e. The zero-order valence-electron chi connectivity index (χ0n) is 10.7. The zero-order valence-corrected chi connectivity index (χ0v) is 10.7. The van der Waals surface area contributed by atoms with Crippen LogP contribution in [0.15, 0.2) is 16.5 Å². The third kappa shape index (κ3) is 3.84. The van der Waals surface area contributed by atoms with Crippen LogP contribution in [-0.4, -0.2) is 38.3 Å². The van der Waals surface area contributed by atoms with Crippen molar-refractivity contribution in [2.75, 3.05) is 27.2 Å². The predicted molar refractivity (Wildman–Crippen MR) is 66.8 cm³/mol. The molecule has 1 aliphatic heterocycles. The Labute approximate surface area is 103 Å². The van der Waals surface area contributed by atoms with Crippen LogP contribution in [0.1, 0.15) is 24.4 Å². The fraction of sp³-hybridized carbons (Fsp3) is 0.692. The minimum Gasteiger partial charge on any atom is -0.463 e. The van der Waals surface area contributed by atoms with E-state index >= 15 is 0 Å². The standard InChI is InChI=1S/C13H22N2O2/c1-14-8-11-5-6-13(17-11)10-15(2)9-12-4-3-7-16-12/h5-6,12,14H,3-4,7-10H2,1-2H3. The quantitative estimate of drug-likeness (QED) is 0.817. The first-order valence-corrected chi connectivity index (χ1v) is 6.30. The number of furan rings is 1. The zero-order chi connectivity index (χ0) is 12.1. The molecule has 96 valence electrons. The number of hydrogen-bond acceptors (Lipinski definition) is 4. The van der Waals surface area contributed by atoms with E-state index in [1.54, 1.807) is 0 Å². The van der Waals surface area contributed by atoms with Gasteiger partial charge in [-0.3, -0.25) is 4.90 Å². The van der Waals surface area contributed by atoms with Crippen LogP contribution in [-0.2, 0) is 17.8 Å². The van der Waals surface area contributed by atoms with E-state index in [1.807, 2.05) is 13.1 Å². The number of likely N-dealkylation sites (N-methyl/N-ethyl adjacent to an activating group) is 1. The van der Waals surface area contributed by atoms with Crippen molar-refractivity contribution in [1.29, 1.82) is 0 Å². The Morgan fingerprint density at radius 2 is 2.24 bits per heavy atom. The van der Waals surface area contributed by atoms with Gasteiger partial charge in [0, 0.05) is 13.2 Å². The van der Waals surface area contributed by atoms with E-state index in [2.05, 4.69) is 23.3 Å². The summed E-state index contributed by atoms with van der Waals surface area (Å²) in [4.78, 5) is 2.26. The second-order valence-corrected chi connectivity index (χ2v) is 4.73. The Morgan fingerprint density at radius 1 is 1.41 bits per heavy atom. The molecule has 1 unspecified atom stereocenters. The number of nitrogens with zero attached hydrogens (tertiary/aromatic N) is 1. The number of hydrogen-bond donors (Lipinski definition) is 1. The molecule has 17 heavy (non-hydrogen) atoms. The highest BCUT2D eigenvalue weighted by molar-refractivity contribution is 5.06. The van der Waals surface area contributed by atoms with E-state index in [9.17, 15) is 0 Å². The molecule has 1 saturated heterocycles. The molecular weight excluding hydrogens is 216 g/mol. The minimum atomic E-state index is 0.409. The van der Waals surface area contributed by atoms with Gasteiger partial charge in [0.2, 0.25) is 0 Å². The molecule has 0 amide bonds. The average Bonchev–Trinajstić information content (AvgIpc) is 2.91. The van der Waals surface area contributed by atoms with Crippen LogP contribution < -0.4 is 5.32 Å². The fourth-order valence-corrected chi connectivity index (χ4v) is 2.24. The topological polar surface area (TPSA) is 37.6 Å². The van der Waals surface area contributed by atoms with Gasteiger partial charge in [-0.1, -0.05) is 0 Å². The summed E-state index contributed by atoms with van der Waals surface area (Å²) in [6, 6.07) is 4.09. The normalized spacial score (nSPS) is 20.3. The van der Waals surface area contributed by atoms with Crippen LogP contribution >= 0.6 is 0 Å². The summed E-state index contributed by atoms with van der Waals surface area (Å²) in [6.45, 7) is 3.55. The summed E-state index contributed by atoms with van der Waals surface area (Å²) in [5, 5.41) is 3.08. The highest BCUT2D eigenvalue weighted by Crippen LogP contribution is 2.15. The molecule has 0 bridgehead atoms. The van der Waals surface area contributed by atoms with Crippen LogP contribution in [0.3, 0.4) is 0 Å². The first kappa shape index (κ1) is 12.6. The van der Waals surface area contributed by atoms with E-state index in [4.69, 9.17) is 9.15 Å². The molecule has 0 spiro atoms. The molecule has 1 aromatic heterocycles. The maximum Gasteiger partial charge on any atom is 0.118 e. The first-order chi connectivity index (χ1) is 8.28. The molecule has 4 heteroatoms. The van der Waals surface area contributed by atoms with Crippen molar-refractivity contribution >= 4 is 0 Å². The van der Waals surface area contributed by atoms with Gasteiger partial charge in [0.25, 0.3) is 0 Å². The van der Waals surface area contributed by atoms with Gasteiger partial charge >= 0.3 is 0 Å². The monoisotopic (exact) mass is 238 g/mol. The van der Waals surface area contributed by atoms with Crippen molar-refractivity contribution in [2.45, 2.75) is 32.0 Å². The SMILES string of the molecule is CNCc1ccc(CN(C)CC2CCCO2)o1. The van der Waals surface area contributed by atoms with Crippen LogP contribution in [0.2, 0.25) is 0 Å². The molecule has 0 saturated carbocycles. The lowest BCUT2D eigenvalue weighted by Gasteiger charge is -2.19. The third-order valence-electron chi connectivity index (χ3n) is 3.03. The Balaban J connectivity index is 1.78. The molecule has 1 aromatic rings. The maximum absolute atomic E-state index is 5.71. The van der Waals surface area contributed by atoms with Crippen LogP contribution in [0.25, 0.3) is 0 Å². The van der Waals surface area contributed by atoms with Gasteiger partial charge in [0.1, 0.15) is 11.5 Å². The van der Waals surface area contributed by atoms with E-state index in [0.717, 1.165) is 37.8 Å². The van der Waals surface area contributed by atoms with Gasteiger partial charge in [-0.2, -0.15) is 0 Å². The van der Waals surface area contributed by atoms with Gasteiger partial charge in [0.15, 0.2) is 0 Å². The van der Waals surface area contributed by atoms with Crippen LogP contribution in [0.5, 0.6) is 0 Å². The lowest BCUT2D eigenvalue weighted by molar-refractivity contribution is 0.0773. The summed E-state index contributed by atoms with van der Waals surface area (Å²) in [7, 11) is 4.04. The highest BCUT2D eigenvalue weighted by Gasteiger charge is 2.17. The van der Waals surface area contributed by atoms with Gasteiger partial charge in [0.05, 0.1) is 19.2 Å². The Morgan fingerprint density at radius 3 is 2.94 bits per heavy atom. The number of nitrogens with one attached hydrogen (secondary N) is 1. The molecule has 2 rings (SSSR count). The Kier molecular flexibility index (Phi) is 4.59. The second kappa shape index (κ2) is 6.19. The molecule has 1 aliphatic rings. The van der Waals surface area contributed by atoms with Crippen LogP contribution in [0.4, 0.5) is 0 Å². The molecule has 1 N–H and O–H groups in total. The Bertz CT molecular complexity index is 332. The van der Waals surface area contributed by atoms with E-state index in [1.165, 1.54) is 12.8 Å². The molecule has 1 fully saturated rings. The van der Waals surface area contributed by atoms with E-state index < -0.39 is 0 Å². The molecule has 2 heterocycles. The fourth-order valence-electron chi connectivity index (χ4n) is 2.24. The molecule has 1 atom stereocenters. The van der Waals surface area contributed by atoms with Crippen molar-refractivity contribution in [3.8, 4) is 0 Å². The highest BCUT2D eigenvalue weighted by atomic mass is 16.5. The summed E-state index contributed by atoms with van der Waals surface area (Å²) < 4.78 is 11.3. The minimum absolute atomic E-state index is 0.409. The summed E-state index contributed by atoms with van der Waals surface area (Å²) in [5.74, 6) is 2.02. The van der Waals surface area contributed by atoms with Gasteiger partial charge in [-0.15, -0.1) is 0 Å². The Hall–Kier alpha value is -0.840. The predicted octanol–water partition coefficient (Wildman–Crippen LogP) is 1.61. The average molecular weight is 238 g/mol. The lowest BCUT2D eigenvalue weighted by atomic mass is 10.2. The maximum atomic E-state index is 5.71. The molecular formula is C13H22N2O2. The summed E-state index contributed by atoms with van der Waals surface area (Å²) in [5.41, 5.74) is 0. The third-order valence-corrected chi connectivity index (χ3v) is 3.03. The molecule has 0 aliphatic carbocycles. The molecule has 4 nitrogen and oxygen atoms in total. The summed E-state index contributed by atoms with van der Waals surface area (Å²) in [6.07, 6.45) is 2.80. The first-order valence-electron chi connectivity index (χ1n) is 6.30. The van der Waals surface area contributed by atoms with Crippen LogP contribution in [0, 0.1) is 0 Å². The smallest absolute Gasteiger partial charge is 0.118 e. The van der Waals surface area contributed by atoms with Crippen molar-refractivity contribution in [2.24, 2.45) is 0 Å². The van der Waals surface area contributed by atoms with Gasteiger partial charge < -0.3 is 14.5 Å². The second-order valence-electron chi connectivity index (χ2n) is 4.73. The van der Waals surface area contributed by atoms with Gasteiger partial charge in [-0.05, 0) is 39.1 Å². The number of rotatable bonds is 6. The van der Waals surface area contributed by atoms with Gasteiger partial charge in [-0.25, -0.2) is 0 Å². The van der Waals surface area contributed by atoms with E-state index in [0.29, 0.717) is 6.10 Å². The molecule has 0 radical (unpaired) electrons. The van der Waals surface area contributed by atoms with E-state index in [-0.39, 0.29) is 0 Å². The van der Waals surface area contributed by atoms with Crippen molar-refractivity contribution in [3.05, 3.63) is 23.7 Å². The number of ether oxygens (including phenoxy) is 1. The molecule has 0 aromatic carbocycles. The van der Waals surface area contributed by atoms with Crippen molar-refractivity contribution in [1.82, 2.24) is 10.2 Å². The lowest BCUT2D eigenvalue weighted by Crippen LogP contribution is -2.28.